The quantitative estimate of drug-likeness (QED) is 0.722. The molecule has 18 heavy (non-hydrogen) atoms. The Balaban J connectivity index is 2.82. The maximum atomic E-state index is 10.6. The van der Waals surface area contributed by atoms with E-state index in [1.807, 2.05) is 18.7 Å². The molecule has 0 fully saturated rings. The van der Waals surface area contributed by atoms with Crippen LogP contribution >= 0.6 is 0 Å². The van der Waals surface area contributed by atoms with E-state index in [0.29, 0.717) is 18.7 Å². The zero-order chi connectivity index (χ0) is 13.7. The fourth-order valence-corrected chi connectivity index (χ4v) is 1.95. The van der Waals surface area contributed by atoms with Crippen LogP contribution in [0.3, 0.4) is 0 Å². The Labute approximate surface area is 106 Å². The van der Waals surface area contributed by atoms with Crippen LogP contribution < -0.4 is 0 Å². The first kappa shape index (κ1) is 14.3. The predicted molar refractivity (Wildman–Crippen MR) is 67.7 cm³/mol. The largest absolute Gasteiger partial charge is 0.508 e. The minimum absolute atomic E-state index is 0.0111. The minimum atomic E-state index is -0.837. The van der Waals surface area contributed by atoms with Gasteiger partial charge in [0.05, 0.1) is 6.42 Å². The number of nitrogens with zero attached hydrogens (tertiary/aromatic N) is 1. The van der Waals surface area contributed by atoms with E-state index >= 15 is 0 Å². The molecule has 3 N–H and O–H groups in total. The van der Waals surface area contributed by atoms with E-state index in [1.165, 1.54) is 12.1 Å². The van der Waals surface area contributed by atoms with Crippen LogP contribution in [0, 0.1) is 0 Å². The molecule has 0 bridgehead atoms. The second-order valence-corrected chi connectivity index (χ2v) is 4.19. The SMILES string of the molecule is CCN(CCC(=O)O)C(C)c1ccc(O)cc1O. The normalized spacial score (nSPS) is 12.6. The van der Waals surface area contributed by atoms with Crippen molar-refractivity contribution in [3.05, 3.63) is 23.8 Å². The van der Waals surface area contributed by atoms with Gasteiger partial charge in [-0.25, -0.2) is 0 Å². The number of phenolic OH excluding ortho intramolecular Hbond substituents is 2. The lowest BCUT2D eigenvalue weighted by Gasteiger charge is -2.28. The van der Waals surface area contributed by atoms with Crippen molar-refractivity contribution in [3.63, 3.8) is 0 Å². The topological polar surface area (TPSA) is 81.0 Å². The van der Waals surface area contributed by atoms with Gasteiger partial charge in [-0.3, -0.25) is 9.69 Å². The summed E-state index contributed by atoms with van der Waals surface area (Å²) in [4.78, 5) is 12.5. The van der Waals surface area contributed by atoms with Crippen molar-refractivity contribution in [1.29, 1.82) is 0 Å². The molecule has 1 aromatic rings. The molecular formula is C13H19NO4. The van der Waals surface area contributed by atoms with Crippen LogP contribution in [0.2, 0.25) is 0 Å². The van der Waals surface area contributed by atoms with Gasteiger partial charge in [0.15, 0.2) is 0 Å². The Morgan fingerprint density at radius 3 is 2.56 bits per heavy atom. The van der Waals surface area contributed by atoms with Crippen molar-refractivity contribution in [2.75, 3.05) is 13.1 Å². The molecular weight excluding hydrogens is 234 g/mol. The lowest BCUT2D eigenvalue weighted by molar-refractivity contribution is -0.137. The lowest BCUT2D eigenvalue weighted by Crippen LogP contribution is -2.29. The van der Waals surface area contributed by atoms with E-state index in [2.05, 4.69) is 0 Å². The van der Waals surface area contributed by atoms with E-state index < -0.39 is 5.97 Å². The van der Waals surface area contributed by atoms with Gasteiger partial charge in [-0.2, -0.15) is 0 Å². The fraction of sp³-hybridized carbons (Fsp3) is 0.462. The summed E-state index contributed by atoms with van der Waals surface area (Å²) in [6.45, 7) is 4.95. The Morgan fingerprint density at radius 1 is 1.39 bits per heavy atom. The smallest absolute Gasteiger partial charge is 0.304 e. The van der Waals surface area contributed by atoms with Crippen LogP contribution in [-0.4, -0.2) is 39.3 Å². The molecule has 0 aromatic heterocycles. The molecule has 1 rings (SSSR count). The van der Waals surface area contributed by atoms with Gasteiger partial charge in [0.2, 0.25) is 0 Å². The van der Waals surface area contributed by atoms with E-state index in [-0.39, 0.29) is 24.0 Å². The monoisotopic (exact) mass is 253 g/mol. The summed E-state index contributed by atoms with van der Waals surface area (Å²) in [5.41, 5.74) is 0.681. The summed E-state index contributed by atoms with van der Waals surface area (Å²) < 4.78 is 0. The zero-order valence-electron chi connectivity index (χ0n) is 10.6. The van der Waals surface area contributed by atoms with Gasteiger partial charge in [-0.05, 0) is 19.5 Å². The van der Waals surface area contributed by atoms with Crippen molar-refractivity contribution in [1.82, 2.24) is 4.90 Å². The molecule has 1 atom stereocenters. The average molecular weight is 253 g/mol. The molecule has 5 heteroatoms. The Morgan fingerprint density at radius 2 is 2.06 bits per heavy atom. The predicted octanol–water partition coefficient (Wildman–Crippen LogP) is 1.96. The van der Waals surface area contributed by atoms with Crippen LogP contribution in [-0.2, 0) is 4.79 Å². The highest BCUT2D eigenvalue weighted by atomic mass is 16.4. The number of rotatable bonds is 6. The van der Waals surface area contributed by atoms with Crippen LogP contribution in [0.4, 0.5) is 0 Å². The number of hydrogen-bond acceptors (Lipinski definition) is 4. The Bertz CT molecular complexity index is 419. The van der Waals surface area contributed by atoms with E-state index in [9.17, 15) is 15.0 Å². The second kappa shape index (κ2) is 6.26. The molecule has 0 aliphatic rings. The molecule has 1 aromatic carbocycles. The standard InChI is InChI=1S/C13H19NO4/c1-3-14(7-6-13(17)18)9(2)11-5-4-10(15)8-12(11)16/h4-5,8-9,15-16H,3,6-7H2,1-2H3,(H,17,18). The molecule has 0 saturated heterocycles. The molecule has 5 nitrogen and oxygen atoms in total. The van der Waals surface area contributed by atoms with Crippen molar-refractivity contribution in [3.8, 4) is 11.5 Å². The van der Waals surface area contributed by atoms with Crippen molar-refractivity contribution in [2.45, 2.75) is 26.3 Å². The summed E-state index contributed by atoms with van der Waals surface area (Å²) in [6, 6.07) is 4.35. The first-order valence-corrected chi connectivity index (χ1v) is 5.93. The first-order valence-electron chi connectivity index (χ1n) is 5.93. The summed E-state index contributed by atoms with van der Waals surface area (Å²) in [5, 5.41) is 27.7. The van der Waals surface area contributed by atoms with Gasteiger partial charge >= 0.3 is 5.97 Å². The van der Waals surface area contributed by atoms with Crippen molar-refractivity contribution < 1.29 is 20.1 Å². The number of phenols is 2. The second-order valence-electron chi connectivity index (χ2n) is 4.19. The van der Waals surface area contributed by atoms with Crippen LogP contribution in [0.1, 0.15) is 31.9 Å². The third-order valence-electron chi connectivity index (χ3n) is 3.03. The molecule has 0 aliphatic heterocycles. The number of carboxylic acids is 1. The summed E-state index contributed by atoms with van der Waals surface area (Å²) >= 11 is 0. The van der Waals surface area contributed by atoms with Crippen LogP contribution in [0.25, 0.3) is 0 Å². The van der Waals surface area contributed by atoms with Gasteiger partial charge in [-0.15, -0.1) is 0 Å². The maximum absolute atomic E-state index is 10.6. The molecule has 1 unspecified atom stereocenters. The van der Waals surface area contributed by atoms with E-state index in [1.54, 1.807) is 6.07 Å². The van der Waals surface area contributed by atoms with Gasteiger partial charge in [0, 0.05) is 24.2 Å². The van der Waals surface area contributed by atoms with E-state index in [0.717, 1.165) is 0 Å². The van der Waals surface area contributed by atoms with Gasteiger partial charge in [0.25, 0.3) is 0 Å². The number of carbonyl (C=O) groups is 1. The van der Waals surface area contributed by atoms with Gasteiger partial charge in [0.1, 0.15) is 11.5 Å². The van der Waals surface area contributed by atoms with Crippen molar-refractivity contribution >= 4 is 5.97 Å². The zero-order valence-corrected chi connectivity index (χ0v) is 10.6. The van der Waals surface area contributed by atoms with Gasteiger partial charge < -0.3 is 15.3 Å². The number of hydrogen-bond donors (Lipinski definition) is 3. The fourth-order valence-electron chi connectivity index (χ4n) is 1.95. The van der Waals surface area contributed by atoms with Crippen LogP contribution in [0.5, 0.6) is 11.5 Å². The van der Waals surface area contributed by atoms with Gasteiger partial charge in [-0.1, -0.05) is 13.0 Å². The third-order valence-corrected chi connectivity index (χ3v) is 3.03. The Hall–Kier alpha value is -1.75. The summed E-state index contributed by atoms with van der Waals surface area (Å²) in [6.07, 6.45) is 0.0665. The lowest BCUT2D eigenvalue weighted by atomic mass is 10.1. The molecule has 100 valence electrons. The molecule has 0 radical (unpaired) electrons. The van der Waals surface area contributed by atoms with Crippen LogP contribution in [0.15, 0.2) is 18.2 Å². The van der Waals surface area contributed by atoms with Crippen molar-refractivity contribution in [2.24, 2.45) is 0 Å². The number of aromatic hydroxyl groups is 2. The average Bonchev–Trinajstić information content (AvgIpc) is 2.29. The summed E-state index contributed by atoms with van der Waals surface area (Å²) in [7, 11) is 0. The molecule has 0 saturated carbocycles. The number of carboxylic acid groups (broad SMARTS) is 1. The molecule has 0 spiro atoms. The minimum Gasteiger partial charge on any atom is -0.508 e. The Kier molecular flexibility index (Phi) is 4.97. The molecule has 0 heterocycles. The highest BCUT2D eigenvalue weighted by Gasteiger charge is 2.18. The third kappa shape index (κ3) is 3.63. The highest BCUT2D eigenvalue weighted by molar-refractivity contribution is 5.66. The number of aliphatic carboxylic acids is 1. The van der Waals surface area contributed by atoms with E-state index in [4.69, 9.17) is 5.11 Å². The molecule has 0 aliphatic carbocycles. The first-order chi connectivity index (χ1) is 8.45. The summed E-state index contributed by atoms with van der Waals surface area (Å²) in [5.74, 6) is -0.802. The molecule has 0 amide bonds. The number of benzene rings is 1. The maximum Gasteiger partial charge on any atom is 0.304 e. The highest BCUT2D eigenvalue weighted by Crippen LogP contribution is 2.31.